The minimum atomic E-state index is 0.128. The van der Waals surface area contributed by atoms with Crippen LogP contribution in [0.4, 0.5) is 0 Å². The monoisotopic (exact) mass is 256 g/mol. The molecule has 0 radical (unpaired) electrons. The van der Waals surface area contributed by atoms with Crippen molar-refractivity contribution in [3.8, 4) is 0 Å². The van der Waals surface area contributed by atoms with Gasteiger partial charge < -0.3 is 19.7 Å². The van der Waals surface area contributed by atoms with E-state index in [0.29, 0.717) is 32.3 Å². The second-order valence-corrected chi connectivity index (χ2v) is 5.28. The zero-order valence-corrected chi connectivity index (χ0v) is 11.4. The summed E-state index contributed by atoms with van der Waals surface area (Å²) < 4.78 is 11.0. The Bertz CT molecular complexity index is 283. The van der Waals surface area contributed by atoms with Crippen molar-refractivity contribution in [2.45, 2.75) is 19.4 Å². The fourth-order valence-electron chi connectivity index (χ4n) is 2.75. The third-order valence-corrected chi connectivity index (χ3v) is 3.84. The maximum atomic E-state index is 12.5. The molecule has 0 saturated carbocycles. The van der Waals surface area contributed by atoms with E-state index in [1.165, 1.54) is 0 Å². The molecule has 1 amide bonds. The Kier molecular flexibility index (Phi) is 4.97. The molecule has 18 heavy (non-hydrogen) atoms. The molecule has 2 saturated heterocycles. The molecule has 0 spiro atoms. The number of hydrogen-bond donors (Lipinski definition) is 1. The predicted molar refractivity (Wildman–Crippen MR) is 68.3 cm³/mol. The molecule has 0 aliphatic carbocycles. The summed E-state index contributed by atoms with van der Waals surface area (Å²) >= 11 is 0. The lowest BCUT2D eigenvalue weighted by Crippen LogP contribution is -2.51. The van der Waals surface area contributed by atoms with E-state index in [1.807, 2.05) is 11.9 Å². The van der Waals surface area contributed by atoms with Gasteiger partial charge in [0.05, 0.1) is 12.7 Å². The second-order valence-electron chi connectivity index (χ2n) is 5.28. The maximum Gasteiger partial charge on any atom is 0.226 e. The van der Waals surface area contributed by atoms with Crippen LogP contribution in [-0.2, 0) is 14.3 Å². The number of rotatable bonds is 3. The van der Waals surface area contributed by atoms with Crippen molar-refractivity contribution in [3.63, 3.8) is 0 Å². The molecule has 5 heteroatoms. The molecule has 104 valence electrons. The molecular weight excluding hydrogens is 232 g/mol. The van der Waals surface area contributed by atoms with Gasteiger partial charge in [0.15, 0.2) is 0 Å². The number of ether oxygens (including phenoxy) is 2. The van der Waals surface area contributed by atoms with Gasteiger partial charge in [-0.3, -0.25) is 4.79 Å². The van der Waals surface area contributed by atoms with Crippen molar-refractivity contribution in [2.24, 2.45) is 11.8 Å². The third kappa shape index (κ3) is 3.22. The van der Waals surface area contributed by atoms with Gasteiger partial charge in [0.2, 0.25) is 5.91 Å². The number of amides is 1. The predicted octanol–water partition coefficient (Wildman–Crippen LogP) is 0.106. The van der Waals surface area contributed by atoms with E-state index in [2.05, 4.69) is 12.2 Å². The molecule has 2 aliphatic rings. The van der Waals surface area contributed by atoms with Crippen LogP contribution in [0.1, 0.15) is 13.3 Å². The van der Waals surface area contributed by atoms with E-state index in [4.69, 9.17) is 9.47 Å². The standard InChI is InChI=1S/C13H24N2O3/c1-10-9-17-5-3-12(10)13(16)15-4-6-18-11(8-15)7-14-2/h10-12,14H,3-9H2,1-2H3. The highest BCUT2D eigenvalue weighted by atomic mass is 16.5. The molecule has 5 nitrogen and oxygen atoms in total. The van der Waals surface area contributed by atoms with Crippen molar-refractivity contribution in [3.05, 3.63) is 0 Å². The number of likely N-dealkylation sites (N-methyl/N-ethyl adjacent to an activating group) is 1. The van der Waals surface area contributed by atoms with Gasteiger partial charge in [0.25, 0.3) is 0 Å². The average Bonchev–Trinajstić information content (AvgIpc) is 2.39. The van der Waals surface area contributed by atoms with Crippen LogP contribution in [-0.4, -0.2) is 63.4 Å². The molecule has 3 atom stereocenters. The SMILES string of the molecule is CNCC1CN(C(=O)C2CCOCC2C)CCO1. The summed E-state index contributed by atoms with van der Waals surface area (Å²) in [6.07, 6.45) is 0.983. The summed E-state index contributed by atoms with van der Waals surface area (Å²) in [6, 6.07) is 0. The van der Waals surface area contributed by atoms with Gasteiger partial charge in [-0.15, -0.1) is 0 Å². The number of hydrogen-bond acceptors (Lipinski definition) is 4. The summed E-state index contributed by atoms with van der Waals surface area (Å²) in [7, 11) is 1.91. The van der Waals surface area contributed by atoms with Gasteiger partial charge in [0, 0.05) is 38.8 Å². The molecule has 1 N–H and O–H groups in total. The van der Waals surface area contributed by atoms with E-state index in [0.717, 1.165) is 19.5 Å². The van der Waals surface area contributed by atoms with Gasteiger partial charge >= 0.3 is 0 Å². The van der Waals surface area contributed by atoms with Gasteiger partial charge in [-0.05, 0) is 19.4 Å². The molecule has 2 rings (SSSR count). The van der Waals surface area contributed by atoms with Crippen LogP contribution >= 0.6 is 0 Å². The Morgan fingerprint density at radius 2 is 2.28 bits per heavy atom. The fourth-order valence-corrected chi connectivity index (χ4v) is 2.75. The first-order chi connectivity index (χ1) is 8.72. The number of morpholine rings is 1. The zero-order valence-electron chi connectivity index (χ0n) is 11.4. The van der Waals surface area contributed by atoms with Gasteiger partial charge in [-0.1, -0.05) is 6.92 Å². The number of nitrogens with zero attached hydrogens (tertiary/aromatic N) is 1. The highest BCUT2D eigenvalue weighted by molar-refractivity contribution is 5.79. The summed E-state index contributed by atoms with van der Waals surface area (Å²) in [4.78, 5) is 14.5. The number of carbonyl (C=O) groups is 1. The minimum absolute atomic E-state index is 0.128. The molecule has 2 heterocycles. The summed E-state index contributed by atoms with van der Waals surface area (Å²) in [5.41, 5.74) is 0. The number of nitrogens with one attached hydrogen (secondary N) is 1. The van der Waals surface area contributed by atoms with Crippen molar-refractivity contribution >= 4 is 5.91 Å². The average molecular weight is 256 g/mol. The minimum Gasteiger partial charge on any atom is -0.381 e. The highest BCUT2D eigenvalue weighted by Gasteiger charge is 2.33. The zero-order chi connectivity index (χ0) is 13.0. The topological polar surface area (TPSA) is 50.8 Å². The molecule has 2 aliphatic heterocycles. The largest absolute Gasteiger partial charge is 0.381 e. The summed E-state index contributed by atoms with van der Waals surface area (Å²) in [6.45, 7) is 6.41. The Morgan fingerprint density at radius 1 is 1.44 bits per heavy atom. The first kappa shape index (κ1) is 13.8. The van der Waals surface area contributed by atoms with Crippen LogP contribution in [0.2, 0.25) is 0 Å². The Hall–Kier alpha value is -0.650. The van der Waals surface area contributed by atoms with E-state index < -0.39 is 0 Å². The van der Waals surface area contributed by atoms with Crippen LogP contribution in [0, 0.1) is 11.8 Å². The van der Waals surface area contributed by atoms with E-state index in [1.54, 1.807) is 0 Å². The molecule has 0 aromatic carbocycles. The normalized spacial score (nSPS) is 33.4. The smallest absolute Gasteiger partial charge is 0.226 e. The Labute approximate surface area is 109 Å². The van der Waals surface area contributed by atoms with Crippen LogP contribution in [0.3, 0.4) is 0 Å². The van der Waals surface area contributed by atoms with Crippen molar-refractivity contribution < 1.29 is 14.3 Å². The van der Waals surface area contributed by atoms with Crippen LogP contribution in [0.5, 0.6) is 0 Å². The lowest BCUT2D eigenvalue weighted by atomic mass is 9.88. The Balaban J connectivity index is 1.91. The highest BCUT2D eigenvalue weighted by Crippen LogP contribution is 2.24. The fraction of sp³-hybridized carbons (Fsp3) is 0.923. The maximum absolute atomic E-state index is 12.5. The van der Waals surface area contributed by atoms with Crippen LogP contribution in [0.15, 0.2) is 0 Å². The molecule has 0 aromatic rings. The lowest BCUT2D eigenvalue weighted by Gasteiger charge is -2.37. The van der Waals surface area contributed by atoms with Crippen molar-refractivity contribution in [2.75, 3.05) is 46.5 Å². The molecule has 3 unspecified atom stereocenters. The van der Waals surface area contributed by atoms with Gasteiger partial charge in [0.1, 0.15) is 0 Å². The third-order valence-electron chi connectivity index (χ3n) is 3.84. The van der Waals surface area contributed by atoms with Crippen molar-refractivity contribution in [1.82, 2.24) is 10.2 Å². The molecule has 0 bridgehead atoms. The van der Waals surface area contributed by atoms with Crippen LogP contribution in [0.25, 0.3) is 0 Å². The van der Waals surface area contributed by atoms with Gasteiger partial charge in [-0.2, -0.15) is 0 Å². The van der Waals surface area contributed by atoms with Gasteiger partial charge in [-0.25, -0.2) is 0 Å². The molecule has 2 fully saturated rings. The quantitative estimate of drug-likeness (QED) is 0.778. The molecular formula is C13H24N2O3. The number of carbonyl (C=O) groups excluding carboxylic acids is 1. The summed E-state index contributed by atoms with van der Waals surface area (Å²) in [5, 5.41) is 3.10. The second kappa shape index (κ2) is 6.50. The van der Waals surface area contributed by atoms with Crippen LogP contribution < -0.4 is 5.32 Å². The Morgan fingerprint density at radius 3 is 3.00 bits per heavy atom. The van der Waals surface area contributed by atoms with E-state index in [9.17, 15) is 4.79 Å². The first-order valence-electron chi connectivity index (χ1n) is 6.85. The molecule has 0 aromatic heterocycles. The lowest BCUT2D eigenvalue weighted by molar-refractivity contribution is -0.148. The first-order valence-corrected chi connectivity index (χ1v) is 6.85. The van der Waals surface area contributed by atoms with E-state index in [-0.39, 0.29) is 17.9 Å². The summed E-state index contributed by atoms with van der Waals surface area (Å²) in [5.74, 6) is 0.749. The van der Waals surface area contributed by atoms with Crippen molar-refractivity contribution in [1.29, 1.82) is 0 Å². The van der Waals surface area contributed by atoms with E-state index >= 15 is 0 Å².